The lowest BCUT2D eigenvalue weighted by Crippen LogP contribution is -1.83. The Balaban J connectivity index is 1.95. The average molecular weight is 254 g/mol. The van der Waals surface area contributed by atoms with Crippen LogP contribution in [-0.4, -0.2) is 10.1 Å². The molecule has 19 heavy (non-hydrogen) atoms. The van der Waals surface area contributed by atoms with Crippen molar-refractivity contribution < 1.29 is 8.91 Å². The van der Waals surface area contributed by atoms with Gasteiger partial charge in [0.15, 0.2) is 0 Å². The maximum Gasteiger partial charge on any atom is 0.223 e. The number of rotatable bonds is 2. The fraction of sp³-hybridized carbons (Fsp3) is 0.0667. The highest BCUT2D eigenvalue weighted by molar-refractivity contribution is 5.67. The number of nitrogens with zero attached hydrogens (tertiary/aromatic N) is 2. The predicted molar refractivity (Wildman–Crippen MR) is 69.9 cm³/mol. The molecule has 94 valence electrons. The van der Waals surface area contributed by atoms with Gasteiger partial charge in [-0.15, -0.1) is 0 Å². The standard InChI is InChI=1S/C15H11FN2O/c1-10-17-15(18-19-10)12-7-5-11(6-8-12)13-3-2-4-14(16)9-13/h2-9H,1H3. The Morgan fingerprint density at radius 1 is 0.947 bits per heavy atom. The molecule has 3 aromatic rings. The monoisotopic (exact) mass is 254 g/mol. The maximum absolute atomic E-state index is 13.2. The summed E-state index contributed by atoms with van der Waals surface area (Å²) in [5.74, 6) is 0.850. The summed E-state index contributed by atoms with van der Waals surface area (Å²) in [4.78, 5) is 4.16. The Bertz CT molecular complexity index is 704. The third-order valence-corrected chi connectivity index (χ3v) is 2.83. The fourth-order valence-corrected chi connectivity index (χ4v) is 1.90. The van der Waals surface area contributed by atoms with Crippen LogP contribution in [0.1, 0.15) is 5.89 Å². The summed E-state index contributed by atoms with van der Waals surface area (Å²) < 4.78 is 18.1. The summed E-state index contributed by atoms with van der Waals surface area (Å²) in [5, 5.41) is 3.86. The smallest absolute Gasteiger partial charge is 0.223 e. The quantitative estimate of drug-likeness (QED) is 0.697. The first-order valence-electron chi connectivity index (χ1n) is 5.89. The van der Waals surface area contributed by atoms with Crippen LogP contribution in [0.15, 0.2) is 53.1 Å². The Labute approximate surface area is 109 Å². The molecule has 0 saturated heterocycles. The van der Waals surface area contributed by atoms with Crippen LogP contribution >= 0.6 is 0 Å². The maximum atomic E-state index is 13.2. The first kappa shape index (κ1) is 11.6. The molecule has 0 fully saturated rings. The van der Waals surface area contributed by atoms with Crippen LogP contribution < -0.4 is 0 Å². The molecule has 0 saturated carbocycles. The van der Waals surface area contributed by atoms with Crippen LogP contribution in [0.3, 0.4) is 0 Å². The molecule has 0 N–H and O–H groups in total. The van der Waals surface area contributed by atoms with Crippen molar-refractivity contribution in [2.75, 3.05) is 0 Å². The third-order valence-electron chi connectivity index (χ3n) is 2.83. The van der Waals surface area contributed by atoms with E-state index >= 15 is 0 Å². The van der Waals surface area contributed by atoms with E-state index < -0.39 is 0 Å². The fourth-order valence-electron chi connectivity index (χ4n) is 1.90. The molecule has 0 radical (unpaired) electrons. The summed E-state index contributed by atoms with van der Waals surface area (Å²) in [6.07, 6.45) is 0. The number of benzene rings is 2. The van der Waals surface area contributed by atoms with Gasteiger partial charge in [0.2, 0.25) is 11.7 Å². The zero-order chi connectivity index (χ0) is 13.2. The molecule has 1 aromatic heterocycles. The molecule has 0 amide bonds. The van der Waals surface area contributed by atoms with Crippen molar-refractivity contribution in [1.82, 2.24) is 10.1 Å². The largest absolute Gasteiger partial charge is 0.339 e. The summed E-state index contributed by atoms with van der Waals surface area (Å²) in [6.45, 7) is 1.75. The van der Waals surface area contributed by atoms with E-state index in [9.17, 15) is 4.39 Å². The lowest BCUT2D eigenvalue weighted by molar-refractivity contribution is 0.394. The second kappa shape index (κ2) is 4.65. The van der Waals surface area contributed by atoms with Crippen molar-refractivity contribution in [1.29, 1.82) is 0 Å². The van der Waals surface area contributed by atoms with Gasteiger partial charge in [-0.25, -0.2) is 4.39 Å². The van der Waals surface area contributed by atoms with Gasteiger partial charge in [-0.1, -0.05) is 41.6 Å². The SMILES string of the molecule is Cc1nc(-c2ccc(-c3cccc(F)c3)cc2)no1. The molecule has 0 aliphatic heterocycles. The zero-order valence-electron chi connectivity index (χ0n) is 10.3. The van der Waals surface area contributed by atoms with E-state index in [1.807, 2.05) is 30.3 Å². The molecule has 4 heteroatoms. The van der Waals surface area contributed by atoms with Gasteiger partial charge in [-0.2, -0.15) is 4.98 Å². The van der Waals surface area contributed by atoms with Crippen molar-refractivity contribution in [2.24, 2.45) is 0 Å². The van der Waals surface area contributed by atoms with Crippen molar-refractivity contribution in [3.63, 3.8) is 0 Å². The average Bonchev–Trinajstić information content (AvgIpc) is 2.86. The Kier molecular flexibility index (Phi) is 2.83. The van der Waals surface area contributed by atoms with Crippen molar-refractivity contribution in [3.05, 3.63) is 60.2 Å². The topological polar surface area (TPSA) is 38.9 Å². The van der Waals surface area contributed by atoms with Gasteiger partial charge in [0.05, 0.1) is 0 Å². The Morgan fingerprint density at radius 2 is 1.68 bits per heavy atom. The molecule has 0 atom stereocenters. The number of hydrogen-bond donors (Lipinski definition) is 0. The van der Waals surface area contributed by atoms with Gasteiger partial charge < -0.3 is 4.52 Å². The van der Waals surface area contributed by atoms with E-state index in [2.05, 4.69) is 10.1 Å². The lowest BCUT2D eigenvalue weighted by atomic mass is 10.0. The highest BCUT2D eigenvalue weighted by Gasteiger charge is 2.06. The van der Waals surface area contributed by atoms with E-state index in [0.717, 1.165) is 16.7 Å². The molecule has 0 aliphatic rings. The normalized spacial score (nSPS) is 10.6. The van der Waals surface area contributed by atoms with Crippen LogP contribution in [0, 0.1) is 12.7 Å². The van der Waals surface area contributed by atoms with Gasteiger partial charge in [-0.3, -0.25) is 0 Å². The van der Waals surface area contributed by atoms with Crippen molar-refractivity contribution in [3.8, 4) is 22.5 Å². The van der Waals surface area contributed by atoms with E-state index in [4.69, 9.17) is 4.52 Å². The third kappa shape index (κ3) is 2.38. The van der Waals surface area contributed by atoms with Crippen LogP contribution in [-0.2, 0) is 0 Å². The van der Waals surface area contributed by atoms with Gasteiger partial charge in [0.25, 0.3) is 0 Å². The molecule has 0 unspecified atom stereocenters. The molecule has 1 heterocycles. The highest BCUT2D eigenvalue weighted by atomic mass is 19.1. The Hall–Kier alpha value is -2.49. The van der Waals surface area contributed by atoms with Crippen molar-refractivity contribution in [2.45, 2.75) is 6.92 Å². The van der Waals surface area contributed by atoms with E-state index in [0.29, 0.717) is 11.7 Å². The molecule has 2 aromatic carbocycles. The summed E-state index contributed by atoms with van der Waals surface area (Å²) in [7, 11) is 0. The van der Waals surface area contributed by atoms with Crippen molar-refractivity contribution >= 4 is 0 Å². The van der Waals surface area contributed by atoms with Crippen LogP contribution in [0.4, 0.5) is 4.39 Å². The number of aryl methyl sites for hydroxylation is 1. The predicted octanol–water partition coefficient (Wildman–Crippen LogP) is 3.85. The summed E-state index contributed by atoms with van der Waals surface area (Å²) in [5.41, 5.74) is 2.66. The van der Waals surface area contributed by atoms with Gasteiger partial charge >= 0.3 is 0 Å². The molecular weight excluding hydrogens is 243 g/mol. The first-order valence-corrected chi connectivity index (χ1v) is 5.89. The molecule has 0 spiro atoms. The minimum absolute atomic E-state index is 0.240. The number of halogens is 1. The van der Waals surface area contributed by atoms with Gasteiger partial charge in [0, 0.05) is 12.5 Å². The Morgan fingerprint density at radius 3 is 2.32 bits per heavy atom. The second-order valence-electron chi connectivity index (χ2n) is 4.22. The minimum atomic E-state index is -0.240. The van der Waals surface area contributed by atoms with Crippen LogP contribution in [0.2, 0.25) is 0 Å². The minimum Gasteiger partial charge on any atom is -0.339 e. The van der Waals surface area contributed by atoms with E-state index in [1.54, 1.807) is 13.0 Å². The lowest BCUT2D eigenvalue weighted by Gasteiger charge is -2.02. The number of aromatic nitrogens is 2. The summed E-state index contributed by atoms with van der Waals surface area (Å²) in [6, 6.07) is 14.1. The molecule has 0 aliphatic carbocycles. The second-order valence-corrected chi connectivity index (χ2v) is 4.22. The first-order chi connectivity index (χ1) is 9.22. The van der Waals surface area contributed by atoms with E-state index in [1.165, 1.54) is 12.1 Å². The highest BCUT2D eigenvalue weighted by Crippen LogP contribution is 2.23. The van der Waals surface area contributed by atoms with Gasteiger partial charge in [-0.05, 0) is 23.3 Å². The zero-order valence-corrected chi connectivity index (χ0v) is 10.3. The van der Waals surface area contributed by atoms with Crippen LogP contribution in [0.5, 0.6) is 0 Å². The molecule has 0 bridgehead atoms. The van der Waals surface area contributed by atoms with Gasteiger partial charge in [0.1, 0.15) is 5.82 Å². The molecule has 3 nitrogen and oxygen atoms in total. The van der Waals surface area contributed by atoms with E-state index in [-0.39, 0.29) is 5.82 Å². The molecular formula is C15H11FN2O. The molecule has 3 rings (SSSR count). The summed E-state index contributed by atoms with van der Waals surface area (Å²) >= 11 is 0. The van der Waals surface area contributed by atoms with Crippen LogP contribution in [0.25, 0.3) is 22.5 Å². The number of hydrogen-bond acceptors (Lipinski definition) is 3.